The summed E-state index contributed by atoms with van der Waals surface area (Å²) in [5.74, 6) is 0.750. The summed E-state index contributed by atoms with van der Waals surface area (Å²) in [4.78, 5) is 29.2. The summed E-state index contributed by atoms with van der Waals surface area (Å²) in [5, 5.41) is 2.77. The fourth-order valence-electron chi connectivity index (χ4n) is 2.74. The maximum Gasteiger partial charge on any atom is 0.272 e. The molecule has 0 radical (unpaired) electrons. The van der Waals surface area contributed by atoms with Gasteiger partial charge in [-0.25, -0.2) is 4.98 Å². The maximum absolute atomic E-state index is 12.5. The molecule has 0 aliphatic heterocycles. The number of fused-ring (bicyclic) bond motifs is 1. The zero-order chi connectivity index (χ0) is 18.7. The van der Waals surface area contributed by atoms with E-state index in [0.29, 0.717) is 33.9 Å². The lowest BCUT2D eigenvalue weighted by molar-refractivity contribution is -0.116. The van der Waals surface area contributed by atoms with Crippen LogP contribution >= 0.6 is 0 Å². The van der Waals surface area contributed by atoms with Crippen LogP contribution in [0.2, 0.25) is 0 Å². The number of carbonyl (C=O) groups excluding carboxylic acids is 1. The van der Waals surface area contributed by atoms with Crippen LogP contribution in [0, 0.1) is 6.92 Å². The highest BCUT2D eigenvalue weighted by Gasteiger charge is 2.12. The number of nitrogens with zero attached hydrogens (tertiary/aromatic N) is 2. The Balaban J connectivity index is 1.88. The number of carbonyl (C=O) groups is 1. The first-order chi connectivity index (χ1) is 12.5. The van der Waals surface area contributed by atoms with Crippen LogP contribution in [0.3, 0.4) is 0 Å². The number of hydrogen-bond acceptors (Lipinski definition) is 5. The highest BCUT2D eigenvalue weighted by Crippen LogP contribution is 2.29. The fraction of sp³-hybridized carbons (Fsp3) is 0.211. The largest absolute Gasteiger partial charge is 0.493 e. The number of hydrogen-bond donors (Lipinski definition) is 1. The van der Waals surface area contributed by atoms with Gasteiger partial charge in [0.25, 0.3) is 5.56 Å². The molecule has 0 saturated heterocycles. The standard InChI is InChI=1S/C19H19N3O4/c1-12-19(24)22(15-7-5-4-6-14(15)20-12)11-18(23)21-13-8-9-16(25-2)17(10-13)26-3/h4-10H,11H2,1-3H3,(H,21,23). The third-order valence-electron chi connectivity index (χ3n) is 3.98. The van der Waals surface area contributed by atoms with Crippen LogP contribution in [0.4, 0.5) is 5.69 Å². The monoisotopic (exact) mass is 353 g/mol. The van der Waals surface area contributed by atoms with Gasteiger partial charge in [0.05, 0.1) is 25.3 Å². The maximum atomic E-state index is 12.5. The Labute approximate surface area is 150 Å². The van der Waals surface area contributed by atoms with Gasteiger partial charge in [-0.1, -0.05) is 12.1 Å². The third kappa shape index (κ3) is 3.37. The Hall–Kier alpha value is -3.35. The minimum absolute atomic E-state index is 0.114. The number of rotatable bonds is 5. The van der Waals surface area contributed by atoms with Gasteiger partial charge in [0.2, 0.25) is 5.91 Å². The number of benzene rings is 2. The second kappa shape index (κ2) is 7.26. The zero-order valence-corrected chi connectivity index (χ0v) is 14.8. The number of ether oxygens (including phenoxy) is 2. The number of methoxy groups -OCH3 is 2. The Kier molecular flexibility index (Phi) is 4.88. The van der Waals surface area contributed by atoms with Gasteiger partial charge in [-0.05, 0) is 31.2 Å². The molecular formula is C19H19N3O4. The van der Waals surface area contributed by atoms with E-state index in [1.807, 2.05) is 18.2 Å². The van der Waals surface area contributed by atoms with E-state index in [9.17, 15) is 9.59 Å². The highest BCUT2D eigenvalue weighted by molar-refractivity contribution is 5.91. The lowest BCUT2D eigenvalue weighted by Gasteiger charge is -2.13. The molecule has 0 fully saturated rings. The number of para-hydroxylation sites is 2. The van der Waals surface area contributed by atoms with Crippen molar-refractivity contribution < 1.29 is 14.3 Å². The average molecular weight is 353 g/mol. The molecule has 7 nitrogen and oxygen atoms in total. The molecule has 0 unspecified atom stereocenters. The quantitative estimate of drug-likeness (QED) is 0.761. The van der Waals surface area contributed by atoms with Crippen molar-refractivity contribution in [2.24, 2.45) is 0 Å². The second-order valence-corrected chi connectivity index (χ2v) is 5.70. The van der Waals surface area contributed by atoms with Gasteiger partial charge in [-0.3, -0.25) is 14.2 Å². The van der Waals surface area contributed by atoms with E-state index in [0.717, 1.165) is 0 Å². The normalized spacial score (nSPS) is 10.6. The molecule has 134 valence electrons. The van der Waals surface area contributed by atoms with Gasteiger partial charge in [0, 0.05) is 11.8 Å². The summed E-state index contributed by atoms with van der Waals surface area (Å²) in [6.07, 6.45) is 0. The second-order valence-electron chi connectivity index (χ2n) is 5.70. The summed E-state index contributed by atoms with van der Waals surface area (Å²) >= 11 is 0. The van der Waals surface area contributed by atoms with Crippen molar-refractivity contribution in [1.82, 2.24) is 9.55 Å². The van der Waals surface area contributed by atoms with Crippen LogP contribution in [0.15, 0.2) is 47.3 Å². The molecule has 7 heteroatoms. The molecule has 0 aliphatic carbocycles. The molecule has 0 saturated carbocycles. The molecule has 0 atom stereocenters. The van der Waals surface area contributed by atoms with Crippen LogP contribution in [-0.4, -0.2) is 29.7 Å². The van der Waals surface area contributed by atoms with Crippen molar-refractivity contribution in [3.8, 4) is 11.5 Å². The molecule has 3 aromatic rings. The number of aromatic nitrogens is 2. The van der Waals surface area contributed by atoms with Gasteiger partial charge in [0.15, 0.2) is 11.5 Å². The smallest absolute Gasteiger partial charge is 0.272 e. The van der Waals surface area contributed by atoms with Gasteiger partial charge >= 0.3 is 0 Å². The van der Waals surface area contributed by atoms with Crippen LogP contribution in [-0.2, 0) is 11.3 Å². The summed E-state index contributed by atoms with van der Waals surface area (Å²) in [5.41, 5.74) is 1.90. The number of nitrogens with one attached hydrogen (secondary N) is 1. The van der Waals surface area contributed by atoms with Gasteiger partial charge in [-0.2, -0.15) is 0 Å². The van der Waals surface area contributed by atoms with E-state index in [-0.39, 0.29) is 18.0 Å². The molecule has 1 amide bonds. The van der Waals surface area contributed by atoms with Gasteiger partial charge < -0.3 is 14.8 Å². The average Bonchev–Trinajstić information content (AvgIpc) is 2.65. The lowest BCUT2D eigenvalue weighted by Crippen LogP contribution is -2.30. The minimum atomic E-state index is -0.324. The number of amides is 1. The molecular weight excluding hydrogens is 334 g/mol. The SMILES string of the molecule is COc1ccc(NC(=O)Cn2c(=O)c(C)nc3ccccc32)cc1OC. The molecule has 26 heavy (non-hydrogen) atoms. The summed E-state index contributed by atoms with van der Waals surface area (Å²) in [6.45, 7) is 1.52. The van der Waals surface area contributed by atoms with Crippen LogP contribution in [0.1, 0.15) is 5.69 Å². The van der Waals surface area contributed by atoms with Crippen molar-refractivity contribution in [1.29, 1.82) is 0 Å². The van der Waals surface area contributed by atoms with Crippen molar-refractivity contribution in [2.45, 2.75) is 13.5 Å². The Bertz CT molecular complexity index is 1030. The van der Waals surface area contributed by atoms with E-state index in [1.165, 1.54) is 11.7 Å². The van der Waals surface area contributed by atoms with Crippen LogP contribution < -0.4 is 20.3 Å². The van der Waals surface area contributed by atoms with Crippen molar-refractivity contribution in [3.63, 3.8) is 0 Å². The summed E-state index contributed by atoms with van der Waals surface area (Å²) < 4.78 is 11.8. The Morgan fingerprint density at radius 1 is 1.12 bits per heavy atom. The van der Waals surface area contributed by atoms with Gasteiger partial charge in [0.1, 0.15) is 12.2 Å². The van der Waals surface area contributed by atoms with E-state index < -0.39 is 0 Å². The predicted octanol–water partition coefficient (Wildman–Crippen LogP) is 2.36. The van der Waals surface area contributed by atoms with E-state index in [4.69, 9.17) is 9.47 Å². The third-order valence-corrected chi connectivity index (χ3v) is 3.98. The van der Waals surface area contributed by atoms with Crippen molar-refractivity contribution in [2.75, 3.05) is 19.5 Å². The molecule has 1 N–H and O–H groups in total. The molecule has 3 rings (SSSR count). The zero-order valence-electron chi connectivity index (χ0n) is 14.8. The molecule has 2 aromatic carbocycles. The first-order valence-electron chi connectivity index (χ1n) is 8.01. The predicted molar refractivity (Wildman–Crippen MR) is 98.9 cm³/mol. The Morgan fingerprint density at radius 3 is 2.58 bits per heavy atom. The van der Waals surface area contributed by atoms with E-state index in [2.05, 4.69) is 10.3 Å². The summed E-state index contributed by atoms with van der Waals surface area (Å²) in [6, 6.07) is 12.3. The first-order valence-corrected chi connectivity index (χ1v) is 8.01. The van der Waals surface area contributed by atoms with Crippen molar-refractivity contribution in [3.05, 3.63) is 58.5 Å². The van der Waals surface area contributed by atoms with Gasteiger partial charge in [-0.15, -0.1) is 0 Å². The molecule has 0 aliphatic rings. The number of anilines is 1. The van der Waals surface area contributed by atoms with Crippen molar-refractivity contribution >= 4 is 22.6 Å². The lowest BCUT2D eigenvalue weighted by atomic mass is 10.2. The highest BCUT2D eigenvalue weighted by atomic mass is 16.5. The van der Waals surface area contributed by atoms with E-state index in [1.54, 1.807) is 38.3 Å². The topological polar surface area (TPSA) is 82.5 Å². The van der Waals surface area contributed by atoms with Crippen LogP contribution in [0.25, 0.3) is 11.0 Å². The van der Waals surface area contributed by atoms with E-state index >= 15 is 0 Å². The minimum Gasteiger partial charge on any atom is -0.493 e. The molecule has 1 aromatic heterocycles. The Morgan fingerprint density at radius 2 is 1.85 bits per heavy atom. The number of aryl methyl sites for hydroxylation is 1. The molecule has 1 heterocycles. The molecule has 0 spiro atoms. The van der Waals surface area contributed by atoms with Crippen LogP contribution in [0.5, 0.6) is 11.5 Å². The fourth-order valence-corrected chi connectivity index (χ4v) is 2.74. The first kappa shape index (κ1) is 17.5. The summed E-state index contributed by atoms with van der Waals surface area (Å²) in [7, 11) is 3.06. The molecule has 0 bridgehead atoms.